The van der Waals surface area contributed by atoms with E-state index in [1.807, 2.05) is 31.1 Å². The highest BCUT2D eigenvalue weighted by Gasteiger charge is 2.30. The number of hydrogen-bond acceptors (Lipinski definition) is 6. The van der Waals surface area contributed by atoms with Gasteiger partial charge in [0.15, 0.2) is 11.9 Å². The van der Waals surface area contributed by atoms with Crippen molar-refractivity contribution in [2.75, 3.05) is 42.7 Å². The van der Waals surface area contributed by atoms with Crippen LogP contribution in [0.5, 0.6) is 5.75 Å². The molecule has 3 heterocycles. The van der Waals surface area contributed by atoms with Crippen LogP contribution in [-0.2, 0) is 4.79 Å². The van der Waals surface area contributed by atoms with E-state index in [2.05, 4.69) is 15.6 Å². The molecular formula is C23H27N5O4. The molecule has 2 aliphatic heterocycles. The lowest BCUT2D eigenvalue weighted by atomic mass is 9.88. The van der Waals surface area contributed by atoms with Gasteiger partial charge in [0.2, 0.25) is 0 Å². The van der Waals surface area contributed by atoms with Crippen molar-refractivity contribution in [3.05, 3.63) is 42.0 Å². The average Bonchev–Trinajstić information content (AvgIpc) is 2.79. The number of hydrogen-bond donors (Lipinski definition) is 2. The van der Waals surface area contributed by atoms with Gasteiger partial charge in [0.25, 0.3) is 5.91 Å². The van der Waals surface area contributed by atoms with Gasteiger partial charge >= 0.3 is 6.03 Å². The van der Waals surface area contributed by atoms with Crippen LogP contribution in [0, 0.1) is 5.92 Å². The maximum Gasteiger partial charge on any atom is 0.323 e. The average molecular weight is 438 g/mol. The molecule has 0 saturated carbocycles. The van der Waals surface area contributed by atoms with Crippen molar-refractivity contribution in [3.8, 4) is 5.75 Å². The summed E-state index contributed by atoms with van der Waals surface area (Å²) in [6.07, 6.45) is 0.600. The van der Waals surface area contributed by atoms with Crippen LogP contribution in [-0.4, -0.2) is 60.9 Å². The van der Waals surface area contributed by atoms with E-state index in [9.17, 15) is 14.4 Å². The molecule has 2 aliphatic rings. The third-order valence-electron chi connectivity index (χ3n) is 5.78. The van der Waals surface area contributed by atoms with Crippen LogP contribution in [0.15, 0.2) is 36.4 Å². The Hall–Kier alpha value is -3.62. The Morgan fingerprint density at radius 3 is 2.66 bits per heavy atom. The molecule has 9 nitrogen and oxygen atoms in total. The summed E-state index contributed by atoms with van der Waals surface area (Å²) >= 11 is 0. The van der Waals surface area contributed by atoms with Crippen LogP contribution in [0.3, 0.4) is 0 Å². The van der Waals surface area contributed by atoms with E-state index in [1.165, 1.54) is 0 Å². The number of piperidine rings is 1. The number of benzene rings is 1. The first kappa shape index (κ1) is 21.6. The molecule has 1 fully saturated rings. The normalized spacial score (nSPS) is 18.3. The Labute approximate surface area is 186 Å². The summed E-state index contributed by atoms with van der Waals surface area (Å²) in [4.78, 5) is 45.5. The van der Waals surface area contributed by atoms with Gasteiger partial charge in [-0.15, -0.1) is 0 Å². The van der Waals surface area contributed by atoms with Gasteiger partial charge in [-0.25, -0.2) is 9.78 Å². The second-order valence-electron chi connectivity index (χ2n) is 8.29. The Morgan fingerprint density at radius 1 is 1.19 bits per heavy atom. The molecule has 4 rings (SSSR count). The molecule has 0 aliphatic carbocycles. The minimum absolute atomic E-state index is 0.0149. The first-order valence-corrected chi connectivity index (χ1v) is 10.7. The van der Waals surface area contributed by atoms with E-state index >= 15 is 0 Å². The van der Waals surface area contributed by atoms with Crippen LogP contribution in [0.25, 0.3) is 0 Å². The van der Waals surface area contributed by atoms with E-state index in [4.69, 9.17) is 4.74 Å². The smallest absolute Gasteiger partial charge is 0.323 e. The van der Waals surface area contributed by atoms with Crippen LogP contribution in [0.2, 0.25) is 0 Å². The zero-order chi connectivity index (χ0) is 22.8. The first-order chi connectivity index (χ1) is 15.3. The largest absolute Gasteiger partial charge is 0.479 e. The molecule has 9 heteroatoms. The maximum absolute atomic E-state index is 13.0. The van der Waals surface area contributed by atoms with E-state index in [-0.39, 0.29) is 23.6 Å². The van der Waals surface area contributed by atoms with Crippen molar-refractivity contribution in [2.45, 2.75) is 25.9 Å². The molecule has 1 aromatic carbocycles. The number of Topliss-reactive ketones (excluding diaryl/α,β-unsaturated/α-hetero) is 1. The summed E-state index contributed by atoms with van der Waals surface area (Å²) < 4.78 is 5.55. The fourth-order valence-electron chi connectivity index (χ4n) is 3.87. The number of nitrogens with one attached hydrogen (secondary N) is 2. The molecule has 3 amide bonds. The maximum atomic E-state index is 13.0. The number of likely N-dealkylation sites (tertiary alicyclic amines) is 1. The number of aromatic nitrogens is 1. The van der Waals surface area contributed by atoms with Crippen LogP contribution in [0.1, 0.15) is 30.1 Å². The van der Waals surface area contributed by atoms with Gasteiger partial charge in [-0.1, -0.05) is 6.07 Å². The van der Waals surface area contributed by atoms with E-state index in [1.54, 1.807) is 36.1 Å². The zero-order valence-corrected chi connectivity index (χ0v) is 18.4. The summed E-state index contributed by atoms with van der Waals surface area (Å²) in [5.74, 6) is 1.42. The topological polar surface area (TPSA) is 104 Å². The Morgan fingerprint density at radius 2 is 1.94 bits per heavy atom. The van der Waals surface area contributed by atoms with Gasteiger partial charge in [-0.05, 0) is 50.1 Å². The second kappa shape index (κ2) is 8.86. The number of pyridine rings is 1. The SMILES string of the molecule is CC1Oc2ccc(C(=O)C3CCN(C(=O)Nc4cccc(N(C)C)n4)CC3)cc2NC1=O. The third-order valence-corrected chi connectivity index (χ3v) is 5.78. The molecule has 0 bridgehead atoms. The highest BCUT2D eigenvalue weighted by atomic mass is 16.5. The molecule has 1 atom stereocenters. The monoisotopic (exact) mass is 437 g/mol. The van der Waals surface area contributed by atoms with E-state index < -0.39 is 6.10 Å². The van der Waals surface area contributed by atoms with Crippen molar-refractivity contribution in [2.24, 2.45) is 5.92 Å². The minimum Gasteiger partial charge on any atom is -0.479 e. The molecule has 2 aromatic rings. The van der Waals surface area contributed by atoms with Gasteiger partial charge < -0.3 is 19.9 Å². The van der Waals surface area contributed by atoms with Crippen molar-refractivity contribution < 1.29 is 19.1 Å². The van der Waals surface area contributed by atoms with Gasteiger partial charge in [0.05, 0.1) is 5.69 Å². The lowest BCUT2D eigenvalue weighted by Crippen LogP contribution is -2.42. The van der Waals surface area contributed by atoms with Crippen LogP contribution in [0.4, 0.5) is 22.1 Å². The molecule has 1 unspecified atom stereocenters. The van der Waals surface area contributed by atoms with Crippen molar-refractivity contribution in [1.29, 1.82) is 0 Å². The number of carbonyl (C=O) groups excluding carboxylic acids is 3. The van der Waals surface area contributed by atoms with Gasteiger partial charge in [0.1, 0.15) is 17.4 Å². The van der Waals surface area contributed by atoms with Crippen LogP contribution < -0.4 is 20.3 Å². The Balaban J connectivity index is 1.35. The van der Waals surface area contributed by atoms with E-state index in [0.29, 0.717) is 48.7 Å². The Kier molecular flexibility index (Phi) is 5.98. The number of carbonyl (C=O) groups is 3. The van der Waals surface area contributed by atoms with Crippen molar-refractivity contribution in [1.82, 2.24) is 9.88 Å². The fraction of sp³-hybridized carbons (Fsp3) is 0.391. The quantitative estimate of drug-likeness (QED) is 0.713. The minimum atomic E-state index is -0.555. The molecule has 1 saturated heterocycles. The van der Waals surface area contributed by atoms with Gasteiger partial charge in [0, 0.05) is 38.7 Å². The number of urea groups is 1. The van der Waals surface area contributed by atoms with Crippen LogP contribution >= 0.6 is 0 Å². The molecule has 2 N–H and O–H groups in total. The fourth-order valence-corrected chi connectivity index (χ4v) is 3.87. The molecule has 168 valence electrons. The lowest BCUT2D eigenvalue weighted by molar-refractivity contribution is -0.122. The molecule has 32 heavy (non-hydrogen) atoms. The van der Waals surface area contributed by atoms with Gasteiger partial charge in [-0.3, -0.25) is 14.9 Å². The molecule has 0 spiro atoms. The molecule has 1 aromatic heterocycles. The number of fused-ring (bicyclic) bond motifs is 1. The summed E-state index contributed by atoms with van der Waals surface area (Å²) in [5.41, 5.74) is 1.05. The number of nitrogens with zero attached hydrogens (tertiary/aromatic N) is 3. The van der Waals surface area contributed by atoms with Crippen molar-refractivity contribution in [3.63, 3.8) is 0 Å². The summed E-state index contributed by atoms with van der Waals surface area (Å²) in [6.45, 7) is 2.64. The summed E-state index contributed by atoms with van der Waals surface area (Å²) in [5, 5.41) is 5.61. The Bertz CT molecular complexity index is 1050. The standard InChI is InChI=1S/C23H27N5O4/c1-14-22(30)24-17-13-16(7-8-18(17)32-14)21(29)15-9-11-28(12-10-15)23(31)26-19-5-4-6-20(25-19)27(2)3/h4-8,13-15H,9-12H2,1-3H3,(H,24,30)(H,25,26,31). The highest BCUT2D eigenvalue weighted by molar-refractivity contribution is 6.02. The molecular weight excluding hydrogens is 410 g/mol. The number of ether oxygens (including phenoxy) is 1. The number of ketones is 1. The van der Waals surface area contributed by atoms with Gasteiger partial charge in [-0.2, -0.15) is 0 Å². The summed E-state index contributed by atoms with van der Waals surface area (Å²) in [6, 6.07) is 10.4. The predicted molar refractivity (Wildman–Crippen MR) is 121 cm³/mol. The number of amides is 3. The predicted octanol–water partition coefficient (Wildman–Crippen LogP) is 2.99. The zero-order valence-electron chi connectivity index (χ0n) is 18.4. The highest BCUT2D eigenvalue weighted by Crippen LogP contribution is 2.32. The van der Waals surface area contributed by atoms with Crippen molar-refractivity contribution >= 4 is 35.0 Å². The number of anilines is 3. The van der Waals surface area contributed by atoms with E-state index in [0.717, 1.165) is 5.82 Å². The lowest BCUT2D eigenvalue weighted by Gasteiger charge is -2.31. The molecule has 0 radical (unpaired) electrons. The number of rotatable bonds is 4. The first-order valence-electron chi connectivity index (χ1n) is 10.7. The summed E-state index contributed by atoms with van der Waals surface area (Å²) in [7, 11) is 3.78. The second-order valence-corrected chi connectivity index (χ2v) is 8.29. The third kappa shape index (κ3) is 4.51.